The number of ether oxygens (including phenoxy) is 1. The highest BCUT2D eigenvalue weighted by Crippen LogP contribution is 2.26. The van der Waals surface area contributed by atoms with Gasteiger partial charge in [0.25, 0.3) is 0 Å². The number of hydrogen-bond donors (Lipinski definition) is 1. The van der Waals surface area contributed by atoms with Crippen molar-refractivity contribution in [3.05, 3.63) is 60.3 Å². The Balaban J connectivity index is 1.95. The summed E-state index contributed by atoms with van der Waals surface area (Å²) in [5.74, 6) is -0.0617. The number of carboxylic acid groups (broad SMARTS) is 1. The fourth-order valence-corrected chi connectivity index (χ4v) is 1.85. The van der Waals surface area contributed by atoms with Gasteiger partial charge in [0.15, 0.2) is 0 Å². The van der Waals surface area contributed by atoms with Crippen molar-refractivity contribution in [2.24, 2.45) is 0 Å². The maximum absolute atomic E-state index is 10.8. The standard InChI is InChI=1S/C15H10N2O3/c18-15(19)10-5-7-12(8-6-10)20-14-13-4-2-1-3-11(13)9-16-17-14/h1-9H,(H,18,19). The molecular formula is C15H10N2O3. The van der Waals surface area contributed by atoms with E-state index >= 15 is 0 Å². The third-order valence-corrected chi connectivity index (χ3v) is 2.85. The minimum Gasteiger partial charge on any atom is -0.478 e. The second-order valence-electron chi connectivity index (χ2n) is 4.17. The number of aromatic nitrogens is 2. The van der Waals surface area contributed by atoms with E-state index in [-0.39, 0.29) is 5.56 Å². The van der Waals surface area contributed by atoms with E-state index in [1.807, 2.05) is 24.3 Å². The van der Waals surface area contributed by atoms with Crippen LogP contribution >= 0.6 is 0 Å². The summed E-state index contributed by atoms with van der Waals surface area (Å²) in [5, 5.41) is 18.5. The molecule has 5 nitrogen and oxygen atoms in total. The number of aromatic carboxylic acids is 1. The van der Waals surface area contributed by atoms with Gasteiger partial charge in [0.1, 0.15) is 5.75 Å². The van der Waals surface area contributed by atoms with Gasteiger partial charge in [-0.25, -0.2) is 4.79 Å². The van der Waals surface area contributed by atoms with Crippen molar-refractivity contribution in [1.29, 1.82) is 0 Å². The first-order valence-corrected chi connectivity index (χ1v) is 5.96. The molecule has 0 aliphatic rings. The van der Waals surface area contributed by atoms with E-state index in [9.17, 15) is 4.79 Å². The molecule has 1 aromatic heterocycles. The van der Waals surface area contributed by atoms with Crippen LogP contribution < -0.4 is 4.74 Å². The van der Waals surface area contributed by atoms with Gasteiger partial charge < -0.3 is 9.84 Å². The molecule has 0 aliphatic heterocycles. The fraction of sp³-hybridized carbons (Fsp3) is 0. The van der Waals surface area contributed by atoms with Crippen LogP contribution in [0, 0.1) is 0 Å². The second-order valence-corrected chi connectivity index (χ2v) is 4.17. The molecule has 0 aliphatic carbocycles. The number of benzene rings is 2. The maximum atomic E-state index is 10.8. The first kappa shape index (κ1) is 12.1. The van der Waals surface area contributed by atoms with Gasteiger partial charge in [0.2, 0.25) is 5.88 Å². The van der Waals surface area contributed by atoms with Gasteiger partial charge in [0.05, 0.1) is 11.8 Å². The first-order valence-electron chi connectivity index (χ1n) is 5.96. The molecule has 1 N–H and O–H groups in total. The summed E-state index contributed by atoms with van der Waals surface area (Å²) >= 11 is 0. The molecule has 0 unspecified atom stereocenters. The molecule has 20 heavy (non-hydrogen) atoms. The Hall–Kier alpha value is -2.95. The highest BCUT2D eigenvalue weighted by atomic mass is 16.5. The Morgan fingerprint density at radius 1 is 1.05 bits per heavy atom. The van der Waals surface area contributed by atoms with Crippen molar-refractivity contribution in [2.75, 3.05) is 0 Å². The van der Waals surface area contributed by atoms with Crippen LogP contribution in [0.15, 0.2) is 54.7 Å². The topological polar surface area (TPSA) is 72.3 Å². The Morgan fingerprint density at radius 2 is 1.80 bits per heavy atom. The van der Waals surface area contributed by atoms with Gasteiger partial charge in [-0.15, -0.1) is 5.10 Å². The summed E-state index contributed by atoms with van der Waals surface area (Å²) < 4.78 is 5.66. The van der Waals surface area contributed by atoms with Crippen molar-refractivity contribution < 1.29 is 14.6 Å². The predicted molar refractivity (Wildman–Crippen MR) is 73.0 cm³/mol. The molecule has 3 rings (SSSR count). The van der Waals surface area contributed by atoms with Crippen LogP contribution in [0.5, 0.6) is 11.6 Å². The van der Waals surface area contributed by atoms with Gasteiger partial charge in [-0.1, -0.05) is 18.2 Å². The number of nitrogens with zero attached hydrogens (tertiary/aromatic N) is 2. The van der Waals surface area contributed by atoms with E-state index in [1.54, 1.807) is 18.3 Å². The van der Waals surface area contributed by atoms with Gasteiger partial charge in [0, 0.05) is 10.8 Å². The van der Waals surface area contributed by atoms with Crippen molar-refractivity contribution in [2.45, 2.75) is 0 Å². The SMILES string of the molecule is O=C(O)c1ccc(Oc2nncc3ccccc23)cc1. The van der Waals surface area contributed by atoms with Crippen LogP contribution in [0.25, 0.3) is 10.8 Å². The third-order valence-electron chi connectivity index (χ3n) is 2.85. The lowest BCUT2D eigenvalue weighted by molar-refractivity contribution is 0.0697. The monoisotopic (exact) mass is 266 g/mol. The fourth-order valence-electron chi connectivity index (χ4n) is 1.85. The van der Waals surface area contributed by atoms with Crippen molar-refractivity contribution in [1.82, 2.24) is 10.2 Å². The number of hydrogen-bond acceptors (Lipinski definition) is 4. The summed E-state index contributed by atoms with van der Waals surface area (Å²) in [7, 11) is 0. The lowest BCUT2D eigenvalue weighted by Gasteiger charge is -2.06. The van der Waals surface area contributed by atoms with E-state index in [0.717, 1.165) is 10.8 Å². The number of fused-ring (bicyclic) bond motifs is 1. The predicted octanol–water partition coefficient (Wildman–Crippen LogP) is 3.12. The van der Waals surface area contributed by atoms with Crippen molar-refractivity contribution in [3.63, 3.8) is 0 Å². The van der Waals surface area contributed by atoms with Gasteiger partial charge in [-0.2, -0.15) is 5.10 Å². The number of carboxylic acids is 1. The minimum absolute atomic E-state index is 0.210. The quantitative estimate of drug-likeness (QED) is 0.788. The molecule has 0 spiro atoms. The molecule has 0 bridgehead atoms. The van der Waals surface area contributed by atoms with Crippen LogP contribution in [0.4, 0.5) is 0 Å². The molecule has 0 amide bonds. The average molecular weight is 266 g/mol. The van der Waals surface area contributed by atoms with Crippen LogP contribution in [-0.2, 0) is 0 Å². The van der Waals surface area contributed by atoms with Crippen LogP contribution in [0.1, 0.15) is 10.4 Å². The van der Waals surface area contributed by atoms with E-state index in [0.29, 0.717) is 11.6 Å². The Bertz CT molecular complexity index is 764. The summed E-state index contributed by atoms with van der Waals surface area (Å²) in [6.07, 6.45) is 1.66. The summed E-state index contributed by atoms with van der Waals surface area (Å²) in [5.41, 5.74) is 0.210. The van der Waals surface area contributed by atoms with Crippen molar-refractivity contribution >= 4 is 16.7 Å². The lowest BCUT2D eigenvalue weighted by Crippen LogP contribution is -1.96. The zero-order chi connectivity index (χ0) is 13.9. The molecule has 5 heteroatoms. The highest BCUT2D eigenvalue weighted by Gasteiger charge is 2.07. The van der Waals surface area contributed by atoms with Gasteiger partial charge >= 0.3 is 5.97 Å². The Kier molecular flexibility index (Phi) is 3.01. The number of rotatable bonds is 3. The lowest BCUT2D eigenvalue weighted by atomic mass is 10.2. The maximum Gasteiger partial charge on any atom is 0.335 e. The molecular weight excluding hydrogens is 256 g/mol. The molecule has 0 radical (unpaired) electrons. The summed E-state index contributed by atoms with van der Waals surface area (Å²) in [4.78, 5) is 10.8. The molecule has 98 valence electrons. The molecule has 0 saturated carbocycles. The van der Waals surface area contributed by atoms with E-state index in [2.05, 4.69) is 10.2 Å². The molecule has 1 heterocycles. The third kappa shape index (κ3) is 2.29. The van der Waals surface area contributed by atoms with Crippen LogP contribution in [0.2, 0.25) is 0 Å². The molecule has 3 aromatic rings. The van der Waals surface area contributed by atoms with Crippen LogP contribution in [0.3, 0.4) is 0 Å². The van der Waals surface area contributed by atoms with E-state index < -0.39 is 5.97 Å². The van der Waals surface area contributed by atoms with Crippen molar-refractivity contribution in [3.8, 4) is 11.6 Å². The van der Waals surface area contributed by atoms with Gasteiger partial charge in [-0.3, -0.25) is 0 Å². The average Bonchev–Trinajstić information content (AvgIpc) is 2.48. The Labute approximate surface area is 114 Å². The zero-order valence-corrected chi connectivity index (χ0v) is 10.4. The minimum atomic E-state index is -0.971. The van der Waals surface area contributed by atoms with E-state index in [4.69, 9.17) is 9.84 Å². The van der Waals surface area contributed by atoms with E-state index in [1.165, 1.54) is 12.1 Å². The smallest absolute Gasteiger partial charge is 0.335 e. The van der Waals surface area contributed by atoms with Gasteiger partial charge in [-0.05, 0) is 30.3 Å². The largest absolute Gasteiger partial charge is 0.478 e. The summed E-state index contributed by atoms with van der Waals surface area (Å²) in [6, 6.07) is 13.8. The second kappa shape index (κ2) is 4.97. The molecule has 0 fully saturated rings. The molecule has 0 atom stereocenters. The summed E-state index contributed by atoms with van der Waals surface area (Å²) in [6.45, 7) is 0. The highest BCUT2D eigenvalue weighted by molar-refractivity contribution is 5.88. The number of carbonyl (C=O) groups is 1. The Morgan fingerprint density at radius 3 is 2.55 bits per heavy atom. The normalized spacial score (nSPS) is 10.4. The zero-order valence-electron chi connectivity index (χ0n) is 10.4. The van der Waals surface area contributed by atoms with Crippen LogP contribution in [-0.4, -0.2) is 21.3 Å². The molecule has 2 aromatic carbocycles. The molecule has 0 saturated heterocycles. The first-order chi connectivity index (χ1) is 9.74.